The van der Waals surface area contributed by atoms with Gasteiger partial charge in [0.2, 0.25) is 5.78 Å². The number of ether oxygens (including phenoxy) is 2. The number of hydrogen-bond donors (Lipinski definition) is 0. The number of hydrogen-bond acceptors (Lipinski definition) is 3. The number of allylic oxidation sites excluding steroid dienone is 2. The van der Waals surface area contributed by atoms with Crippen LogP contribution in [0, 0.1) is 0 Å². The molecule has 0 bridgehead atoms. The molecule has 3 nitrogen and oxygen atoms in total. The van der Waals surface area contributed by atoms with Crippen molar-refractivity contribution in [3.8, 4) is 0 Å². The molecule has 0 heterocycles. The molecule has 13 heavy (non-hydrogen) atoms. The van der Waals surface area contributed by atoms with E-state index in [-0.39, 0.29) is 5.78 Å². The van der Waals surface area contributed by atoms with Crippen LogP contribution in [-0.2, 0) is 14.3 Å². The molecular formula is C8H8Br2O3. The second kappa shape index (κ2) is 4.04. The zero-order chi connectivity index (χ0) is 10.1. The Kier molecular flexibility index (Phi) is 3.45. The highest BCUT2D eigenvalue weighted by Crippen LogP contribution is 2.35. The monoisotopic (exact) mass is 310 g/mol. The van der Waals surface area contributed by atoms with Crippen molar-refractivity contribution in [1.29, 1.82) is 0 Å². The first-order valence-corrected chi connectivity index (χ1v) is 5.05. The quantitative estimate of drug-likeness (QED) is 0.733. The van der Waals surface area contributed by atoms with Gasteiger partial charge in [0.05, 0.1) is 8.96 Å². The van der Waals surface area contributed by atoms with Crippen LogP contribution in [0.5, 0.6) is 0 Å². The van der Waals surface area contributed by atoms with Gasteiger partial charge < -0.3 is 9.47 Å². The maximum atomic E-state index is 11.7. The largest absolute Gasteiger partial charge is 0.343 e. The summed E-state index contributed by atoms with van der Waals surface area (Å²) in [4.78, 5) is 11.7. The molecule has 72 valence electrons. The number of ketones is 1. The average Bonchev–Trinajstić information content (AvgIpc) is 2.15. The van der Waals surface area contributed by atoms with E-state index in [4.69, 9.17) is 9.47 Å². The summed E-state index contributed by atoms with van der Waals surface area (Å²) in [6.07, 6.45) is 3.35. The molecule has 0 N–H and O–H groups in total. The summed E-state index contributed by atoms with van der Waals surface area (Å²) in [7, 11) is 2.84. The van der Waals surface area contributed by atoms with Gasteiger partial charge >= 0.3 is 0 Å². The maximum absolute atomic E-state index is 11.7. The molecule has 0 aromatic rings. The third kappa shape index (κ3) is 1.66. The van der Waals surface area contributed by atoms with Crippen molar-refractivity contribution in [3.05, 3.63) is 21.1 Å². The minimum absolute atomic E-state index is 0.258. The number of carbonyl (C=O) groups is 1. The highest BCUT2D eigenvalue weighted by Gasteiger charge is 2.44. The molecular weight excluding hydrogens is 304 g/mol. The molecule has 0 radical (unpaired) electrons. The molecule has 0 aliphatic heterocycles. The van der Waals surface area contributed by atoms with Gasteiger partial charge in [-0.2, -0.15) is 0 Å². The van der Waals surface area contributed by atoms with Crippen molar-refractivity contribution in [2.24, 2.45) is 0 Å². The van der Waals surface area contributed by atoms with E-state index in [1.165, 1.54) is 14.2 Å². The van der Waals surface area contributed by atoms with Crippen molar-refractivity contribution in [3.63, 3.8) is 0 Å². The fourth-order valence-electron chi connectivity index (χ4n) is 1.06. The molecule has 0 unspecified atom stereocenters. The van der Waals surface area contributed by atoms with E-state index in [9.17, 15) is 4.79 Å². The summed E-state index contributed by atoms with van der Waals surface area (Å²) in [6, 6.07) is 0. The third-order valence-corrected chi connectivity index (χ3v) is 3.19. The molecule has 1 rings (SSSR count). The lowest BCUT2D eigenvalue weighted by atomic mass is 10.1. The minimum Gasteiger partial charge on any atom is -0.343 e. The summed E-state index contributed by atoms with van der Waals surface area (Å²) in [5, 5.41) is 0. The van der Waals surface area contributed by atoms with E-state index < -0.39 is 5.79 Å². The Balaban J connectivity index is 3.18. The number of halogens is 2. The lowest BCUT2D eigenvalue weighted by Crippen LogP contribution is -2.44. The lowest BCUT2D eigenvalue weighted by Gasteiger charge is -2.30. The molecule has 0 saturated heterocycles. The van der Waals surface area contributed by atoms with Gasteiger partial charge in [-0.3, -0.25) is 4.79 Å². The van der Waals surface area contributed by atoms with Crippen LogP contribution >= 0.6 is 31.9 Å². The van der Waals surface area contributed by atoms with Gasteiger partial charge in [-0.1, -0.05) is 0 Å². The molecule has 0 aromatic heterocycles. The maximum Gasteiger partial charge on any atom is 0.267 e. The zero-order valence-corrected chi connectivity index (χ0v) is 10.3. The molecule has 0 spiro atoms. The molecule has 1 aliphatic rings. The van der Waals surface area contributed by atoms with Crippen molar-refractivity contribution in [2.45, 2.75) is 5.79 Å². The topological polar surface area (TPSA) is 35.5 Å². The van der Waals surface area contributed by atoms with Gasteiger partial charge in [0.25, 0.3) is 5.79 Å². The second-order valence-electron chi connectivity index (χ2n) is 2.38. The van der Waals surface area contributed by atoms with Crippen LogP contribution in [0.1, 0.15) is 0 Å². The van der Waals surface area contributed by atoms with E-state index in [2.05, 4.69) is 31.9 Å². The van der Waals surface area contributed by atoms with Crippen LogP contribution in [0.4, 0.5) is 0 Å². The van der Waals surface area contributed by atoms with Gasteiger partial charge in [-0.05, 0) is 44.0 Å². The first kappa shape index (κ1) is 11.1. The molecule has 0 fully saturated rings. The Hall–Kier alpha value is 0.0300. The Morgan fingerprint density at radius 3 is 2.15 bits per heavy atom. The van der Waals surface area contributed by atoms with E-state index in [1.807, 2.05) is 0 Å². The number of rotatable bonds is 2. The first-order chi connectivity index (χ1) is 6.08. The van der Waals surface area contributed by atoms with Crippen molar-refractivity contribution < 1.29 is 14.3 Å². The Morgan fingerprint density at radius 1 is 1.23 bits per heavy atom. The average molecular weight is 312 g/mol. The van der Waals surface area contributed by atoms with E-state index in [1.54, 1.807) is 12.2 Å². The predicted molar refractivity (Wildman–Crippen MR) is 55.8 cm³/mol. The van der Waals surface area contributed by atoms with Gasteiger partial charge in [0, 0.05) is 14.2 Å². The highest BCUT2D eigenvalue weighted by molar-refractivity contribution is 9.12. The van der Waals surface area contributed by atoms with Crippen molar-refractivity contribution in [2.75, 3.05) is 14.2 Å². The van der Waals surface area contributed by atoms with Gasteiger partial charge in [-0.25, -0.2) is 0 Å². The molecule has 0 aromatic carbocycles. The summed E-state index contributed by atoms with van der Waals surface area (Å²) in [5.74, 6) is -1.58. The molecule has 0 atom stereocenters. The molecule has 0 saturated carbocycles. The molecule has 0 amide bonds. The summed E-state index contributed by atoms with van der Waals surface area (Å²) >= 11 is 6.35. The zero-order valence-electron chi connectivity index (χ0n) is 7.14. The van der Waals surface area contributed by atoms with Crippen LogP contribution in [0.25, 0.3) is 0 Å². The van der Waals surface area contributed by atoms with Crippen LogP contribution in [0.3, 0.4) is 0 Å². The Bertz CT molecular complexity index is 286. The lowest BCUT2D eigenvalue weighted by molar-refractivity contribution is -0.182. The predicted octanol–water partition coefficient (Wildman–Crippen LogP) is 2.12. The second-order valence-corrected chi connectivity index (χ2v) is 4.09. The summed E-state index contributed by atoms with van der Waals surface area (Å²) < 4.78 is 11.1. The molecule has 5 heteroatoms. The first-order valence-electron chi connectivity index (χ1n) is 3.47. The van der Waals surface area contributed by atoms with E-state index in [0.29, 0.717) is 8.96 Å². The Morgan fingerprint density at radius 2 is 1.77 bits per heavy atom. The Labute approximate surface area is 93.0 Å². The van der Waals surface area contributed by atoms with Crippen molar-refractivity contribution >= 4 is 37.6 Å². The number of Topliss-reactive ketones (excluding diaryl/α,β-unsaturated/α-hetero) is 1. The van der Waals surface area contributed by atoms with E-state index >= 15 is 0 Å². The normalized spacial score (nSPS) is 21.1. The summed E-state index contributed by atoms with van der Waals surface area (Å²) in [6.45, 7) is 0. The fraction of sp³-hybridized carbons (Fsp3) is 0.375. The minimum atomic E-state index is -1.33. The smallest absolute Gasteiger partial charge is 0.267 e. The van der Waals surface area contributed by atoms with E-state index in [0.717, 1.165) is 0 Å². The van der Waals surface area contributed by atoms with Crippen molar-refractivity contribution in [1.82, 2.24) is 0 Å². The van der Waals surface area contributed by atoms with Crippen LogP contribution < -0.4 is 0 Å². The van der Waals surface area contributed by atoms with Crippen LogP contribution in [0.2, 0.25) is 0 Å². The third-order valence-electron chi connectivity index (χ3n) is 1.78. The number of methoxy groups -OCH3 is 2. The van der Waals surface area contributed by atoms with Crippen LogP contribution in [0.15, 0.2) is 21.1 Å². The van der Waals surface area contributed by atoms with Gasteiger partial charge in [0.1, 0.15) is 0 Å². The van der Waals surface area contributed by atoms with Gasteiger partial charge in [0.15, 0.2) is 0 Å². The SMILES string of the molecule is COC1(OC)C(=O)C(Br)=CC=C1Br. The highest BCUT2D eigenvalue weighted by atomic mass is 79.9. The standard InChI is InChI=1S/C8H8Br2O3/c1-12-8(13-2)6(10)4-3-5(9)7(8)11/h3-4H,1-2H3. The summed E-state index contributed by atoms with van der Waals surface area (Å²) in [5.41, 5.74) is 0. The van der Waals surface area contributed by atoms with Gasteiger partial charge in [-0.15, -0.1) is 0 Å². The number of carbonyl (C=O) groups excluding carboxylic acids is 1. The fourth-order valence-corrected chi connectivity index (χ4v) is 2.09. The molecule has 1 aliphatic carbocycles. The van der Waals surface area contributed by atoms with Crippen LogP contribution in [-0.4, -0.2) is 25.8 Å².